The number of hydrogen-bond acceptors (Lipinski definition) is 1. The normalized spacial score (nSPS) is 10.4. The summed E-state index contributed by atoms with van der Waals surface area (Å²) in [4.78, 5) is 0. The van der Waals surface area contributed by atoms with Crippen LogP contribution in [-0.2, 0) is 6.54 Å². The van der Waals surface area contributed by atoms with Gasteiger partial charge in [-0.3, -0.25) is 0 Å². The summed E-state index contributed by atoms with van der Waals surface area (Å²) in [6.07, 6.45) is 0. The van der Waals surface area contributed by atoms with Crippen molar-refractivity contribution >= 4 is 33.2 Å². The molecule has 5 heteroatoms. The first kappa shape index (κ1) is 13.3. The Morgan fingerprint density at radius 1 is 1.11 bits per heavy atom. The summed E-state index contributed by atoms with van der Waals surface area (Å²) in [6.45, 7) is 0.489. The minimum Gasteiger partial charge on any atom is -0.381 e. The zero-order valence-corrected chi connectivity index (χ0v) is 11.5. The van der Waals surface area contributed by atoms with E-state index >= 15 is 0 Å². The van der Waals surface area contributed by atoms with Crippen LogP contribution in [0, 0.1) is 11.6 Å². The highest BCUT2D eigenvalue weighted by molar-refractivity contribution is 9.10. The van der Waals surface area contributed by atoms with Crippen LogP contribution in [0.1, 0.15) is 5.56 Å². The Bertz CT molecular complexity index is 575. The van der Waals surface area contributed by atoms with Crippen LogP contribution in [0.4, 0.5) is 14.5 Å². The summed E-state index contributed by atoms with van der Waals surface area (Å²) in [5.74, 6) is -0.749. The van der Waals surface area contributed by atoms with Gasteiger partial charge in [-0.25, -0.2) is 8.78 Å². The van der Waals surface area contributed by atoms with Crippen LogP contribution < -0.4 is 5.32 Å². The SMILES string of the molecule is Fc1ccc(CNc2ccc(F)c(Cl)c2)c(Br)c1. The predicted octanol–water partition coefficient (Wildman–Crippen LogP) is 4.99. The predicted molar refractivity (Wildman–Crippen MR) is 72.8 cm³/mol. The maximum Gasteiger partial charge on any atom is 0.141 e. The van der Waals surface area contributed by atoms with Crippen molar-refractivity contribution in [1.82, 2.24) is 0 Å². The van der Waals surface area contributed by atoms with E-state index in [4.69, 9.17) is 11.6 Å². The standard InChI is InChI=1S/C13H9BrClF2N/c14-11-5-9(16)2-1-8(11)7-18-10-3-4-13(17)12(15)6-10/h1-6,18H,7H2. The van der Waals surface area contributed by atoms with E-state index < -0.39 is 5.82 Å². The van der Waals surface area contributed by atoms with Crippen molar-refractivity contribution in [3.63, 3.8) is 0 Å². The summed E-state index contributed by atoms with van der Waals surface area (Å²) in [7, 11) is 0. The second-order valence-corrected chi connectivity index (χ2v) is 4.98. The largest absolute Gasteiger partial charge is 0.381 e. The molecule has 0 saturated heterocycles. The molecule has 0 amide bonds. The molecule has 0 aliphatic rings. The van der Waals surface area contributed by atoms with E-state index in [0.717, 1.165) is 5.56 Å². The van der Waals surface area contributed by atoms with Gasteiger partial charge in [0.15, 0.2) is 0 Å². The zero-order valence-electron chi connectivity index (χ0n) is 9.18. The highest BCUT2D eigenvalue weighted by atomic mass is 79.9. The van der Waals surface area contributed by atoms with Gasteiger partial charge in [0.25, 0.3) is 0 Å². The molecule has 0 atom stereocenters. The van der Waals surface area contributed by atoms with Gasteiger partial charge in [-0.2, -0.15) is 0 Å². The third kappa shape index (κ3) is 3.21. The van der Waals surface area contributed by atoms with E-state index in [1.165, 1.54) is 24.3 Å². The Labute approximate surface area is 117 Å². The van der Waals surface area contributed by atoms with Gasteiger partial charge in [-0.05, 0) is 35.9 Å². The molecule has 2 rings (SSSR count). The van der Waals surface area contributed by atoms with Crippen molar-refractivity contribution in [3.8, 4) is 0 Å². The molecule has 0 heterocycles. The average molecular weight is 333 g/mol. The van der Waals surface area contributed by atoms with E-state index in [-0.39, 0.29) is 10.8 Å². The second kappa shape index (κ2) is 5.67. The number of benzene rings is 2. The second-order valence-electron chi connectivity index (χ2n) is 3.72. The third-order valence-corrected chi connectivity index (χ3v) is 3.45. The van der Waals surface area contributed by atoms with Crippen molar-refractivity contribution in [1.29, 1.82) is 0 Å². The highest BCUT2D eigenvalue weighted by Gasteiger charge is 2.03. The molecule has 0 aromatic heterocycles. The Hall–Kier alpha value is -1.13. The lowest BCUT2D eigenvalue weighted by molar-refractivity contribution is 0.626. The van der Waals surface area contributed by atoms with E-state index in [9.17, 15) is 8.78 Å². The van der Waals surface area contributed by atoms with Gasteiger partial charge >= 0.3 is 0 Å². The number of hydrogen-bond donors (Lipinski definition) is 1. The third-order valence-electron chi connectivity index (χ3n) is 2.42. The van der Waals surface area contributed by atoms with E-state index in [1.807, 2.05) is 0 Å². The summed E-state index contributed by atoms with van der Waals surface area (Å²) in [5.41, 5.74) is 1.61. The van der Waals surface area contributed by atoms with Crippen molar-refractivity contribution in [3.05, 3.63) is 63.1 Å². The maximum atomic E-state index is 13.0. The fourth-order valence-corrected chi connectivity index (χ4v) is 2.14. The van der Waals surface area contributed by atoms with Crippen LogP contribution in [0.3, 0.4) is 0 Å². The number of nitrogens with one attached hydrogen (secondary N) is 1. The Kier molecular flexibility index (Phi) is 4.19. The van der Waals surface area contributed by atoms with Crippen LogP contribution in [0.5, 0.6) is 0 Å². The molecule has 2 aromatic carbocycles. The summed E-state index contributed by atoms with van der Waals surface area (Å²) >= 11 is 8.95. The van der Waals surface area contributed by atoms with Crippen LogP contribution >= 0.6 is 27.5 Å². The monoisotopic (exact) mass is 331 g/mol. The van der Waals surface area contributed by atoms with Crippen molar-refractivity contribution in [2.24, 2.45) is 0 Å². The molecule has 94 valence electrons. The minimum absolute atomic E-state index is 0.0678. The number of anilines is 1. The van der Waals surface area contributed by atoms with Gasteiger partial charge in [0.2, 0.25) is 0 Å². The Balaban J connectivity index is 2.09. The molecule has 2 aromatic rings. The lowest BCUT2D eigenvalue weighted by Gasteiger charge is -2.09. The van der Waals surface area contributed by atoms with Gasteiger partial charge in [-0.15, -0.1) is 0 Å². The average Bonchev–Trinajstić information content (AvgIpc) is 2.32. The summed E-state index contributed by atoms with van der Waals surface area (Å²) < 4.78 is 26.5. The van der Waals surface area contributed by atoms with E-state index in [0.29, 0.717) is 16.7 Å². The fourth-order valence-electron chi connectivity index (χ4n) is 1.47. The first-order valence-electron chi connectivity index (χ1n) is 5.19. The summed E-state index contributed by atoms with van der Waals surface area (Å²) in [5, 5.41) is 3.15. The molecule has 0 unspecified atom stereocenters. The number of rotatable bonds is 3. The first-order valence-corrected chi connectivity index (χ1v) is 6.36. The molecule has 1 nitrogen and oxygen atoms in total. The van der Waals surface area contributed by atoms with Gasteiger partial charge in [0, 0.05) is 16.7 Å². The maximum absolute atomic E-state index is 13.0. The molecule has 0 saturated carbocycles. The van der Waals surface area contributed by atoms with Crippen LogP contribution in [0.15, 0.2) is 40.9 Å². The molecular formula is C13H9BrClF2N. The van der Waals surface area contributed by atoms with Crippen molar-refractivity contribution in [2.75, 3.05) is 5.32 Å². The topological polar surface area (TPSA) is 12.0 Å². The van der Waals surface area contributed by atoms with Gasteiger partial charge in [0.1, 0.15) is 11.6 Å². The van der Waals surface area contributed by atoms with E-state index in [1.54, 1.807) is 12.1 Å². The molecule has 0 fully saturated rings. The van der Waals surface area contributed by atoms with E-state index in [2.05, 4.69) is 21.2 Å². The molecule has 1 N–H and O–H groups in total. The van der Waals surface area contributed by atoms with Gasteiger partial charge < -0.3 is 5.32 Å². The van der Waals surface area contributed by atoms with Crippen molar-refractivity contribution in [2.45, 2.75) is 6.54 Å². The van der Waals surface area contributed by atoms with Crippen LogP contribution in [0.2, 0.25) is 5.02 Å². The Morgan fingerprint density at radius 2 is 1.89 bits per heavy atom. The molecule has 0 radical (unpaired) electrons. The minimum atomic E-state index is -0.454. The lowest BCUT2D eigenvalue weighted by Crippen LogP contribution is -2.00. The highest BCUT2D eigenvalue weighted by Crippen LogP contribution is 2.22. The van der Waals surface area contributed by atoms with Crippen LogP contribution in [0.25, 0.3) is 0 Å². The molecule has 0 aliphatic carbocycles. The zero-order chi connectivity index (χ0) is 13.1. The van der Waals surface area contributed by atoms with Crippen LogP contribution in [-0.4, -0.2) is 0 Å². The quantitative estimate of drug-likeness (QED) is 0.834. The molecule has 18 heavy (non-hydrogen) atoms. The van der Waals surface area contributed by atoms with Gasteiger partial charge in [-0.1, -0.05) is 33.6 Å². The van der Waals surface area contributed by atoms with Crippen molar-refractivity contribution < 1.29 is 8.78 Å². The molecule has 0 aliphatic heterocycles. The fraction of sp³-hybridized carbons (Fsp3) is 0.0769. The molecule has 0 bridgehead atoms. The summed E-state index contributed by atoms with van der Waals surface area (Å²) in [6, 6.07) is 8.86. The lowest BCUT2D eigenvalue weighted by atomic mass is 10.2. The Morgan fingerprint density at radius 3 is 2.56 bits per heavy atom. The molecular weight excluding hydrogens is 324 g/mol. The smallest absolute Gasteiger partial charge is 0.141 e. The molecule has 0 spiro atoms. The number of halogens is 4. The first-order chi connectivity index (χ1) is 8.56. The van der Waals surface area contributed by atoms with Gasteiger partial charge in [0.05, 0.1) is 5.02 Å².